The zero-order valence-corrected chi connectivity index (χ0v) is 20.0. The summed E-state index contributed by atoms with van der Waals surface area (Å²) in [7, 11) is 0.692. The SMILES string of the molecule is COc1ccc(S(=O)(=O)N2CCCc3ccc(NC(=O)c4c(OC)cccc4OC)cc32)cc1. The number of rotatable bonds is 7. The molecule has 3 aromatic carbocycles. The Morgan fingerprint density at radius 3 is 2.21 bits per heavy atom. The summed E-state index contributed by atoms with van der Waals surface area (Å²) in [6.07, 6.45) is 1.45. The predicted molar refractivity (Wildman–Crippen MR) is 130 cm³/mol. The Bertz CT molecular complexity index is 1280. The first-order valence-corrected chi connectivity index (χ1v) is 12.1. The summed E-state index contributed by atoms with van der Waals surface area (Å²) in [6, 6.07) is 16.7. The molecule has 3 aromatic rings. The number of amides is 1. The van der Waals surface area contributed by atoms with Crippen molar-refractivity contribution in [2.24, 2.45) is 0 Å². The topological polar surface area (TPSA) is 94.2 Å². The van der Waals surface area contributed by atoms with Crippen LogP contribution in [0.4, 0.5) is 11.4 Å². The van der Waals surface area contributed by atoms with Crippen LogP contribution in [0.25, 0.3) is 0 Å². The first kappa shape index (κ1) is 23.4. The van der Waals surface area contributed by atoms with Crippen LogP contribution in [0.1, 0.15) is 22.3 Å². The predicted octanol–water partition coefficient (Wildman–Crippen LogP) is 4.11. The van der Waals surface area contributed by atoms with Crippen molar-refractivity contribution >= 4 is 27.3 Å². The highest BCUT2D eigenvalue weighted by Gasteiger charge is 2.30. The van der Waals surface area contributed by atoms with Crippen LogP contribution < -0.4 is 23.8 Å². The number of fused-ring (bicyclic) bond motifs is 1. The highest BCUT2D eigenvalue weighted by molar-refractivity contribution is 7.92. The fourth-order valence-corrected chi connectivity index (χ4v) is 5.54. The molecule has 0 atom stereocenters. The standard InChI is InChI=1S/C25H26N2O6S/c1-31-19-11-13-20(14-12-19)34(29,30)27-15-5-6-17-9-10-18(16-21(17)27)26-25(28)24-22(32-2)7-4-8-23(24)33-3/h4,7-14,16H,5-6,15H2,1-3H3,(H,26,28). The number of nitrogens with zero attached hydrogens (tertiary/aromatic N) is 1. The van der Waals surface area contributed by atoms with Gasteiger partial charge >= 0.3 is 0 Å². The van der Waals surface area contributed by atoms with Crippen molar-refractivity contribution in [1.29, 1.82) is 0 Å². The summed E-state index contributed by atoms with van der Waals surface area (Å²) < 4.78 is 44.1. The van der Waals surface area contributed by atoms with E-state index in [9.17, 15) is 13.2 Å². The van der Waals surface area contributed by atoms with Crippen LogP contribution in [0, 0.1) is 0 Å². The van der Waals surface area contributed by atoms with E-state index >= 15 is 0 Å². The molecule has 1 aliphatic rings. The lowest BCUT2D eigenvalue weighted by Gasteiger charge is -2.31. The third kappa shape index (κ3) is 4.38. The van der Waals surface area contributed by atoms with Crippen LogP contribution in [0.15, 0.2) is 65.6 Å². The van der Waals surface area contributed by atoms with Crippen LogP contribution in [0.3, 0.4) is 0 Å². The molecule has 1 aliphatic heterocycles. The van der Waals surface area contributed by atoms with Crippen LogP contribution in [0.5, 0.6) is 17.2 Å². The normalized spacial score (nSPS) is 13.1. The van der Waals surface area contributed by atoms with Crippen molar-refractivity contribution in [1.82, 2.24) is 0 Å². The summed E-state index contributed by atoms with van der Waals surface area (Å²) >= 11 is 0. The Morgan fingerprint density at radius 1 is 0.912 bits per heavy atom. The quantitative estimate of drug-likeness (QED) is 0.545. The number of benzene rings is 3. The molecule has 0 saturated heterocycles. The molecule has 9 heteroatoms. The van der Waals surface area contributed by atoms with E-state index in [0.29, 0.717) is 41.6 Å². The maximum atomic E-state index is 13.4. The van der Waals surface area contributed by atoms with Gasteiger partial charge in [-0.25, -0.2) is 8.42 Å². The van der Waals surface area contributed by atoms with E-state index in [2.05, 4.69) is 5.32 Å². The second-order valence-corrected chi connectivity index (χ2v) is 9.55. The second kappa shape index (κ2) is 9.64. The van der Waals surface area contributed by atoms with E-state index in [1.165, 1.54) is 37.8 Å². The summed E-state index contributed by atoms with van der Waals surface area (Å²) in [5, 5.41) is 2.85. The zero-order valence-electron chi connectivity index (χ0n) is 19.2. The van der Waals surface area contributed by atoms with Crippen LogP contribution in [0.2, 0.25) is 0 Å². The van der Waals surface area contributed by atoms with E-state index in [1.807, 2.05) is 6.07 Å². The smallest absolute Gasteiger partial charge is 0.264 e. The number of carbonyl (C=O) groups is 1. The van der Waals surface area contributed by atoms with Gasteiger partial charge in [0.1, 0.15) is 22.8 Å². The van der Waals surface area contributed by atoms with Gasteiger partial charge in [0.2, 0.25) is 0 Å². The number of hydrogen-bond acceptors (Lipinski definition) is 6. The van der Waals surface area contributed by atoms with Gasteiger partial charge in [-0.1, -0.05) is 12.1 Å². The molecule has 0 bridgehead atoms. The molecule has 0 aliphatic carbocycles. The molecule has 4 rings (SSSR count). The third-order valence-electron chi connectivity index (χ3n) is 5.72. The van der Waals surface area contributed by atoms with Gasteiger partial charge in [0.25, 0.3) is 15.9 Å². The Hall–Kier alpha value is -3.72. The van der Waals surface area contributed by atoms with Crippen molar-refractivity contribution in [2.45, 2.75) is 17.7 Å². The molecule has 0 fully saturated rings. The highest BCUT2D eigenvalue weighted by atomic mass is 32.2. The number of sulfonamides is 1. The number of methoxy groups -OCH3 is 3. The third-order valence-corrected chi connectivity index (χ3v) is 7.55. The summed E-state index contributed by atoms with van der Waals surface area (Å²) in [5.41, 5.74) is 2.17. The molecule has 1 amide bonds. The summed E-state index contributed by atoms with van der Waals surface area (Å²) in [4.78, 5) is 13.3. The van der Waals surface area contributed by atoms with Crippen LogP contribution in [-0.4, -0.2) is 42.2 Å². The molecule has 0 aromatic heterocycles. The van der Waals surface area contributed by atoms with Crippen LogP contribution >= 0.6 is 0 Å². The first-order chi connectivity index (χ1) is 16.4. The fraction of sp³-hybridized carbons (Fsp3) is 0.240. The Morgan fingerprint density at radius 2 is 1.59 bits per heavy atom. The number of hydrogen-bond donors (Lipinski definition) is 1. The van der Waals surface area contributed by atoms with Gasteiger partial charge < -0.3 is 19.5 Å². The monoisotopic (exact) mass is 482 g/mol. The van der Waals surface area contributed by atoms with Crippen molar-refractivity contribution in [2.75, 3.05) is 37.5 Å². The molecule has 34 heavy (non-hydrogen) atoms. The van der Waals surface area contributed by atoms with Crippen molar-refractivity contribution in [3.05, 3.63) is 71.8 Å². The largest absolute Gasteiger partial charge is 0.497 e. The Balaban J connectivity index is 1.67. The molecule has 0 radical (unpaired) electrons. The summed E-state index contributed by atoms with van der Waals surface area (Å²) in [5.74, 6) is 0.904. The maximum absolute atomic E-state index is 13.4. The van der Waals surface area contributed by atoms with E-state index in [4.69, 9.17) is 14.2 Å². The minimum atomic E-state index is -3.79. The zero-order chi connectivity index (χ0) is 24.3. The van der Waals surface area contributed by atoms with Gasteiger partial charge in [0, 0.05) is 12.2 Å². The van der Waals surface area contributed by atoms with Gasteiger partial charge in [-0.05, 0) is 66.9 Å². The van der Waals surface area contributed by atoms with Crippen molar-refractivity contribution in [3.63, 3.8) is 0 Å². The molecule has 178 valence electrons. The van der Waals surface area contributed by atoms with Gasteiger partial charge in [-0.3, -0.25) is 9.10 Å². The van der Waals surface area contributed by atoms with Gasteiger partial charge in [0.05, 0.1) is 31.9 Å². The van der Waals surface area contributed by atoms with Gasteiger partial charge in [0.15, 0.2) is 0 Å². The van der Waals surface area contributed by atoms with E-state index in [0.717, 1.165) is 12.0 Å². The van der Waals surface area contributed by atoms with E-state index in [-0.39, 0.29) is 10.5 Å². The molecule has 0 spiro atoms. The highest BCUT2D eigenvalue weighted by Crippen LogP contribution is 2.35. The Labute approximate surface area is 199 Å². The van der Waals surface area contributed by atoms with E-state index < -0.39 is 15.9 Å². The van der Waals surface area contributed by atoms with Crippen molar-refractivity contribution in [3.8, 4) is 17.2 Å². The number of nitrogens with one attached hydrogen (secondary N) is 1. The van der Waals surface area contributed by atoms with E-state index in [1.54, 1.807) is 42.5 Å². The fourth-order valence-electron chi connectivity index (χ4n) is 4.01. The molecule has 8 nitrogen and oxygen atoms in total. The molecule has 1 N–H and O–H groups in total. The number of aryl methyl sites for hydroxylation is 1. The Kier molecular flexibility index (Phi) is 6.65. The lowest BCUT2D eigenvalue weighted by molar-refractivity contribution is 0.102. The molecule has 0 unspecified atom stereocenters. The molecular formula is C25H26N2O6S. The van der Waals surface area contributed by atoms with Crippen LogP contribution in [-0.2, 0) is 16.4 Å². The van der Waals surface area contributed by atoms with Gasteiger partial charge in [-0.2, -0.15) is 0 Å². The maximum Gasteiger partial charge on any atom is 0.264 e. The lowest BCUT2D eigenvalue weighted by Crippen LogP contribution is -2.35. The number of carbonyl (C=O) groups excluding carboxylic acids is 1. The second-order valence-electron chi connectivity index (χ2n) is 7.69. The molecule has 1 heterocycles. The van der Waals surface area contributed by atoms with Crippen molar-refractivity contribution < 1.29 is 27.4 Å². The van der Waals surface area contributed by atoms with Gasteiger partial charge in [-0.15, -0.1) is 0 Å². The minimum absolute atomic E-state index is 0.175. The lowest BCUT2D eigenvalue weighted by atomic mass is 10.0. The average molecular weight is 483 g/mol. The number of ether oxygens (including phenoxy) is 3. The molecular weight excluding hydrogens is 456 g/mol. The molecule has 0 saturated carbocycles. The number of anilines is 2. The first-order valence-electron chi connectivity index (χ1n) is 10.7. The summed E-state index contributed by atoms with van der Waals surface area (Å²) in [6.45, 7) is 0.346. The minimum Gasteiger partial charge on any atom is -0.497 e. The average Bonchev–Trinajstić information content (AvgIpc) is 2.87.